The van der Waals surface area contributed by atoms with Crippen LogP contribution < -0.4 is 4.74 Å². The fourth-order valence-corrected chi connectivity index (χ4v) is 2.11. The molecule has 0 saturated carbocycles. The zero-order chi connectivity index (χ0) is 13.8. The van der Waals surface area contributed by atoms with E-state index >= 15 is 0 Å². The van der Waals surface area contributed by atoms with Crippen LogP contribution in [-0.2, 0) is 6.42 Å². The quantitative estimate of drug-likeness (QED) is 0.854. The molecule has 0 fully saturated rings. The van der Waals surface area contributed by atoms with Gasteiger partial charge in [0.05, 0.1) is 25.3 Å². The van der Waals surface area contributed by atoms with E-state index in [1.165, 1.54) is 7.11 Å². The van der Waals surface area contributed by atoms with E-state index < -0.39 is 0 Å². The summed E-state index contributed by atoms with van der Waals surface area (Å²) in [4.78, 5) is 4.28. The van der Waals surface area contributed by atoms with Crippen molar-refractivity contribution >= 4 is 23.2 Å². The van der Waals surface area contributed by atoms with Gasteiger partial charge in [0.25, 0.3) is 0 Å². The monoisotopic (exact) mass is 292 g/mol. The molecule has 0 aliphatic carbocycles. The summed E-state index contributed by atoms with van der Waals surface area (Å²) in [6.45, 7) is 0. The second kappa shape index (κ2) is 5.92. The highest BCUT2D eigenvalue weighted by molar-refractivity contribution is 6.35. The second-order valence-corrected chi connectivity index (χ2v) is 4.66. The fourth-order valence-electron chi connectivity index (χ4n) is 1.72. The molecule has 5 heteroatoms. The van der Waals surface area contributed by atoms with Crippen molar-refractivity contribution in [3.05, 3.63) is 46.1 Å². The van der Waals surface area contributed by atoms with Crippen LogP contribution in [0.25, 0.3) is 11.1 Å². The SMILES string of the molecule is COc1nc(CC#N)ccc1-c1cc(Cl)ccc1Cl. The smallest absolute Gasteiger partial charge is 0.221 e. The fraction of sp³-hybridized carbons (Fsp3) is 0.143. The number of halogens is 2. The lowest BCUT2D eigenvalue weighted by molar-refractivity contribution is 0.398. The highest BCUT2D eigenvalue weighted by Gasteiger charge is 2.12. The second-order valence-electron chi connectivity index (χ2n) is 3.82. The maximum atomic E-state index is 8.68. The molecule has 0 aliphatic rings. The summed E-state index contributed by atoms with van der Waals surface area (Å²) >= 11 is 12.1. The Morgan fingerprint density at radius 1 is 1.21 bits per heavy atom. The van der Waals surface area contributed by atoms with Crippen molar-refractivity contribution in [2.24, 2.45) is 0 Å². The van der Waals surface area contributed by atoms with E-state index in [0.29, 0.717) is 21.6 Å². The van der Waals surface area contributed by atoms with E-state index in [1.807, 2.05) is 12.1 Å². The van der Waals surface area contributed by atoms with E-state index in [4.69, 9.17) is 33.2 Å². The number of aromatic nitrogens is 1. The average Bonchev–Trinajstić information content (AvgIpc) is 2.42. The Hall–Kier alpha value is -1.76. The van der Waals surface area contributed by atoms with Gasteiger partial charge in [0.1, 0.15) is 0 Å². The summed E-state index contributed by atoms with van der Waals surface area (Å²) in [7, 11) is 1.53. The van der Waals surface area contributed by atoms with E-state index in [0.717, 1.165) is 11.1 Å². The first kappa shape index (κ1) is 13.7. The predicted molar refractivity (Wildman–Crippen MR) is 75.6 cm³/mol. The van der Waals surface area contributed by atoms with Gasteiger partial charge in [-0.25, -0.2) is 4.98 Å². The van der Waals surface area contributed by atoms with Gasteiger partial charge < -0.3 is 4.74 Å². The largest absolute Gasteiger partial charge is 0.481 e. The molecule has 0 unspecified atom stereocenters. The van der Waals surface area contributed by atoms with Gasteiger partial charge in [0, 0.05) is 21.2 Å². The number of rotatable bonds is 3. The minimum absolute atomic E-state index is 0.236. The summed E-state index contributed by atoms with van der Waals surface area (Å²) < 4.78 is 5.26. The molecule has 0 saturated heterocycles. The summed E-state index contributed by atoms with van der Waals surface area (Å²) in [6.07, 6.45) is 0.236. The van der Waals surface area contributed by atoms with Gasteiger partial charge in [-0.15, -0.1) is 0 Å². The Morgan fingerprint density at radius 3 is 2.68 bits per heavy atom. The molecule has 1 aromatic heterocycles. The summed E-state index contributed by atoms with van der Waals surface area (Å²) in [5.74, 6) is 0.428. The lowest BCUT2D eigenvalue weighted by atomic mass is 10.1. The maximum Gasteiger partial charge on any atom is 0.221 e. The van der Waals surface area contributed by atoms with Crippen molar-refractivity contribution in [2.75, 3.05) is 7.11 Å². The Labute approximate surface area is 121 Å². The van der Waals surface area contributed by atoms with Crippen LogP contribution in [0.3, 0.4) is 0 Å². The van der Waals surface area contributed by atoms with Gasteiger partial charge in [-0.2, -0.15) is 5.26 Å². The number of hydrogen-bond acceptors (Lipinski definition) is 3. The standard InChI is InChI=1S/C14H10Cl2N2O/c1-19-14-11(4-3-10(18-14)6-7-17)12-8-9(15)2-5-13(12)16/h2-5,8H,6H2,1H3. The molecule has 0 bridgehead atoms. The minimum Gasteiger partial charge on any atom is -0.481 e. The number of nitriles is 1. The first-order chi connectivity index (χ1) is 9.15. The summed E-state index contributed by atoms with van der Waals surface area (Å²) in [6, 6.07) is 10.9. The molecule has 2 rings (SSSR count). The molecule has 0 aliphatic heterocycles. The zero-order valence-corrected chi connectivity index (χ0v) is 11.7. The molecule has 0 radical (unpaired) electrons. The minimum atomic E-state index is 0.236. The van der Waals surface area contributed by atoms with Crippen molar-refractivity contribution in [3.63, 3.8) is 0 Å². The summed E-state index contributed by atoms with van der Waals surface area (Å²) in [5.41, 5.74) is 2.15. The number of benzene rings is 1. The van der Waals surface area contributed by atoms with Crippen molar-refractivity contribution in [2.45, 2.75) is 6.42 Å². The number of pyridine rings is 1. The Bertz CT molecular complexity index is 650. The molecule has 2 aromatic rings. The van der Waals surface area contributed by atoms with Crippen LogP contribution in [0.5, 0.6) is 5.88 Å². The van der Waals surface area contributed by atoms with Crippen molar-refractivity contribution in [3.8, 4) is 23.1 Å². The third kappa shape index (κ3) is 2.98. The van der Waals surface area contributed by atoms with Gasteiger partial charge in [0.2, 0.25) is 5.88 Å². The molecule has 0 amide bonds. The van der Waals surface area contributed by atoms with Gasteiger partial charge in [-0.1, -0.05) is 23.2 Å². The molecule has 0 spiro atoms. The Balaban J connectivity index is 2.56. The maximum absolute atomic E-state index is 8.68. The number of nitrogens with zero attached hydrogens (tertiary/aromatic N) is 2. The van der Waals surface area contributed by atoms with Gasteiger partial charge in [0.15, 0.2) is 0 Å². The Morgan fingerprint density at radius 2 is 2.00 bits per heavy atom. The first-order valence-electron chi connectivity index (χ1n) is 5.52. The molecular formula is C14H10Cl2N2O. The molecular weight excluding hydrogens is 283 g/mol. The van der Waals surface area contributed by atoms with Crippen LogP contribution in [0.4, 0.5) is 0 Å². The highest BCUT2D eigenvalue weighted by atomic mass is 35.5. The first-order valence-corrected chi connectivity index (χ1v) is 6.27. The predicted octanol–water partition coefficient (Wildman–Crippen LogP) is 4.13. The van der Waals surface area contributed by atoms with Crippen LogP contribution in [-0.4, -0.2) is 12.1 Å². The van der Waals surface area contributed by atoms with E-state index in [1.54, 1.807) is 24.3 Å². The molecule has 3 nitrogen and oxygen atoms in total. The van der Waals surface area contributed by atoms with Crippen molar-refractivity contribution in [1.82, 2.24) is 4.98 Å². The molecule has 0 N–H and O–H groups in total. The van der Waals surface area contributed by atoms with Crippen LogP contribution >= 0.6 is 23.2 Å². The van der Waals surface area contributed by atoms with Crippen LogP contribution in [0.1, 0.15) is 5.69 Å². The van der Waals surface area contributed by atoms with Gasteiger partial charge in [-0.05, 0) is 30.3 Å². The molecule has 1 aromatic carbocycles. The Kier molecular flexibility index (Phi) is 4.26. The normalized spacial score (nSPS) is 10.0. The van der Waals surface area contributed by atoms with Crippen molar-refractivity contribution < 1.29 is 4.74 Å². The molecule has 1 heterocycles. The molecule has 0 atom stereocenters. The third-order valence-corrected chi connectivity index (χ3v) is 3.15. The van der Waals surface area contributed by atoms with Crippen molar-refractivity contribution in [1.29, 1.82) is 5.26 Å². The lowest BCUT2D eigenvalue weighted by Crippen LogP contribution is -1.96. The zero-order valence-electron chi connectivity index (χ0n) is 10.2. The lowest BCUT2D eigenvalue weighted by Gasteiger charge is -2.10. The van der Waals surface area contributed by atoms with Crippen LogP contribution in [0.15, 0.2) is 30.3 Å². The highest BCUT2D eigenvalue weighted by Crippen LogP contribution is 2.35. The van der Waals surface area contributed by atoms with Crippen LogP contribution in [0.2, 0.25) is 10.0 Å². The van der Waals surface area contributed by atoms with Gasteiger partial charge in [-0.3, -0.25) is 0 Å². The van der Waals surface area contributed by atoms with E-state index in [9.17, 15) is 0 Å². The topological polar surface area (TPSA) is 45.9 Å². The van der Waals surface area contributed by atoms with E-state index in [2.05, 4.69) is 4.98 Å². The number of hydrogen-bond donors (Lipinski definition) is 0. The summed E-state index contributed by atoms with van der Waals surface area (Å²) in [5, 5.41) is 9.83. The molecule has 96 valence electrons. The number of methoxy groups -OCH3 is 1. The van der Waals surface area contributed by atoms with E-state index in [-0.39, 0.29) is 6.42 Å². The number of ether oxygens (including phenoxy) is 1. The van der Waals surface area contributed by atoms with Gasteiger partial charge >= 0.3 is 0 Å². The average molecular weight is 293 g/mol. The molecule has 19 heavy (non-hydrogen) atoms. The third-order valence-electron chi connectivity index (χ3n) is 2.59. The van der Waals surface area contributed by atoms with Crippen LogP contribution in [0, 0.1) is 11.3 Å².